The van der Waals surface area contributed by atoms with E-state index in [2.05, 4.69) is 20.2 Å². The van der Waals surface area contributed by atoms with E-state index >= 15 is 0 Å². The summed E-state index contributed by atoms with van der Waals surface area (Å²) in [5.74, 6) is 0.204. The Morgan fingerprint density at radius 1 is 1.17 bits per heavy atom. The number of fused-ring (bicyclic) bond motifs is 2. The van der Waals surface area contributed by atoms with Crippen molar-refractivity contribution >= 4 is 28.7 Å². The fourth-order valence-electron chi connectivity index (χ4n) is 4.70. The van der Waals surface area contributed by atoms with Gasteiger partial charge in [-0.2, -0.15) is 10.2 Å². The van der Waals surface area contributed by atoms with E-state index in [0.717, 1.165) is 6.29 Å². The summed E-state index contributed by atoms with van der Waals surface area (Å²) in [7, 11) is 0. The number of aromatic nitrogens is 6. The van der Waals surface area contributed by atoms with Gasteiger partial charge >= 0.3 is 0 Å². The molecule has 0 saturated heterocycles. The Morgan fingerprint density at radius 3 is 2.81 bits per heavy atom. The zero-order valence-electron chi connectivity index (χ0n) is 19.1. The van der Waals surface area contributed by atoms with Crippen LogP contribution in [0, 0.1) is 5.82 Å². The number of rotatable bonds is 5. The quantitative estimate of drug-likeness (QED) is 0.359. The first-order valence-electron chi connectivity index (χ1n) is 11.3. The van der Waals surface area contributed by atoms with Gasteiger partial charge in [-0.15, -0.1) is 0 Å². The number of aldehydes is 1. The van der Waals surface area contributed by atoms with Crippen LogP contribution in [0.15, 0.2) is 73.0 Å². The van der Waals surface area contributed by atoms with Crippen LogP contribution in [-0.4, -0.2) is 36.2 Å². The number of benzene rings is 2. The molecule has 2 aromatic carbocycles. The van der Waals surface area contributed by atoms with Crippen LogP contribution in [0.2, 0.25) is 0 Å². The van der Waals surface area contributed by atoms with Gasteiger partial charge in [-0.3, -0.25) is 5.10 Å². The summed E-state index contributed by atoms with van der Waals surface area (Å²) < 4.78 is 22.4. The number of para-hydroxylation sites is 1. The predicted molar refractivity (Wildman–Crippen MR) is 131 cm³/mol. The lowest BCUT2D eigenvalue weighted by molar-refractivity contribution is -0.108. The van der Waals surface area contributed by atoms with Crippen molar-refractivity contribution in [3.63, 3.8) is 0 Å². The molecule has 0 fully saturated rings. The highest BCUT2D eigenvalue weighted by atomic mass is 19.1. The SMILES string of the molecule is CC(C1=C(c2cccc(F)c2)C(C=O)c2ccccc2O1)n1nc(-c2cn[nH]c2)c2c(N)ncnc21. The smallest absolute Gasteiger partial charge is 0.164 e. The van der Waals surface area contributed by atoms with Gasteiger partial charge in [-0.1, -0.05) is 30.3 Å². The molecule has 9 nitrogen and oxygen atoms in total. The second kappa shape index (κ2) is 8.42. The summed E-state index contributed by atoms with van der Waals surface area (Å²) in [5.41, 5.74) is 9.80. The van der Waals surface area contributed by atoms with Gasteiger partial charge in [0, 0.05) is 22.9 Å². The average Bonchev–Trinajstić information content (AvgIpc) is 3.56. The van der Waals surface area contributed by atoms with Crippen LogP contribution in [0.3, 0.4) is 0 Å². The molecule has 178 valence electrons. The van der Waals surface area contributed by atoms with Gasteiger partial charge in [0.2, 0.25) is 0 Å². The third-order valence-corrected chi connectivity index (χ3v) is 6.36. The summed E-state index contributed by atoms with van der Waals surface area (Å²) in [4.78, 5) is 21.1. The van der Waals surface area contributed by atoms with E-state index in [4.69, 9.17) is 15.6 Å². The Hall–Kier alpha value is -4.86. The van der Waals surface area contributed by atoms with Crippen molar-refractivity contribution in [3.8, 4) is 17.0 Å². The molecule has 36 heavy (non-hydrogen) atoms. The molecule has 1 aliphatic rings. The monoisotopic (exact) mass is 481 g/mol. The van der Waals surface area contributed by atoms with E-state index in [0.29, 0.717) is 50.5 Å². The standard InChI is InChI=1S/C26H20FN7O2/c1-14(34-26-22(25(28)29-13-30-26)23(33-34)16-10-31-32-11-16)24-21(15-5-4-6-17(27)9-15)19(12-35)18-7-2-3-8-20(18)36-24/h2-14,19H,1H3,(H,31,32)(H2,28,29,30). The number of nitrogens with two attached hydrogens (primary N) is 1. The number of carbonyl (C=O) groups is 1. The molecule has 3 N–H and O–H groups in total. The summed E-state index contributed by atoms with van der Waals surface area (Å²) in [5, 5.41) is 12.2. The molecule has 10 heteroatoms. The van der Waals surface area contributed by atoms with Gasteiger partial charge in [0.05, 0.1) is 17.5 Å². The lowest BCUT2D eigenvalue weighted by Gasteiger charge is -2.31. The molecule has 0 amide bonds. The highest BCUT2D eigenvalue weighted by Gasteiger charge is 2.35. The molecule has 5 aromatic rings. The number of hydrogen-bond donors (Lipinski definition) is 2. The van der Waals surface area contributed by atoms with Crippen LogP contribution in [0.4, 0.5) is 10.2 Å². The van der Waals surface area contributed by atoms with Gasteiger partial charge in [0.15, 0.2) is 5.65 Å². The Bertz CT molecular complexity index is 1640. The molecule has 2 atom stereocenters. The number of nitrogen functional groups attached to an aromatic ring is 1. The second-order valence-electron chi connectivity index (χ2n) is 8.46. The number of ether oxygens (including phenoxy) is 1. The number of H-pyrrole nitrogens is 1. The number of hydrogen-bond acceptors (Lipinski definition) is 7. The van der Waals surface area contributed by atoms with Gasteiger partial charge in [0.25, 0.3) is 0 Å². The number of anilines is 1. The zero-order valence-corrected chi connectivity index (χ0v) is 19.1. The molecule has 2 unspecified atom stereocenters. The van der Waals surface area contributed by atoms with Crippen LogP contribution in [-0.2, 0) is 4.79 Å². The number of carbonyl (C=O) groups excluding carboxylic acids is 1. The maximum Gasteiger partial charge on any atom is 0.164 e. The number of nitrogens with one attached hydrogen (secondary N) is 1. The molecule has 3 aromatic heterocycles. The fourth-order valence-corrected chi connectivity index (χ4v) is 4.70. The summed E-state index contributed by atoms with van der Waals surface area (Å²) in [6, 6.07) is 12.9. The van der Waals surface area contributed by atoms with Crippen molar-refractivity contribution < 1.29 is 13.9 Å². The number of aromatic amines is 1. The largest absolute Gasteiger partial charge is 0.459 e. The van der Waals surface area contributed by atoms with Gasteiger partial charge < -0.3 is 15.3 Å². The molecular formula is C26H20FN7O2. The highest BCUT2D eigenvalue weighted by molar-refractivity contribution is 5.98. The predicted octanol–water partition coefficient (Wildman–Crippen LogP) is 4.29. The van der Waals surface area contributed by atoms with E-state index in [9.17, 15) is 9.18 Å². The van der Waals surface area contributed by atoms with E-state index in [1.165, 1.54) is 18.5 Å². The minimum Gasteiger partial charge on any atom is -0.459 e. The van der Waals surface area contributed by atoms with Crippen LogP contribution >= 0.6 is 0 Å². The Kier molecular flexibility index (Phi) is 5.06. The molecule has 6 rings (SSSR count). The zero-order chi connectivity index (χ0) is 24.8. The van der Waals surface area contributed by atoms with Gasteiger partial charge in [0.1, 0.15) is 47.5 Å². The van der Waals surface area contributed by atoms with Crippen molar-refractivity contribution in [1.29, 1.82) is 0 Å². The summed E-state index contributed by atoms with van der Waals surface area (Å²) >= 11 is 0. The van der Waals surface area contributed by atoms with Crippen LogP contribution < -0.4 is 10.5 Å². The van der Waals surface area contributed by atoms with E-state index in [1.54, 1.807) is 35.3 Å². The average molecular weight is 481 g/mol. The molecule has 1 aliphatic heterocycles. The van der Waals surface area contributed by atoms with Crippen LogP contribution in [0.1, 0.15) is 30.0 Å². The first-order valence-corrected chi connectivity index (χ1v) is 11.3. The third-order valence-electron chi connectivity index (χ3n) is 6.36. The Morgan fingerprint density at radius 2 is 2.03 bits per heavy atom. The number of nitrogens with zero attached hydrogens (tertiary/aromatic N) is 5. The van der Waals surface area contributed by atoms with Gasteiger partial charge in [-0.25, -0.2) is 19.0 Å². The summed E-state index contributed by atoms with van der Waals surface area (Å²) in [6.45, 7) is 1.88. The Balaban J connectivity index is 1.61. The molecule has 0 radical (unpaired) electrons. The van der Waals surface area contributed by atoms with Crippen molar-refractivity contribution in [1.82, 2.24) is 29.9 Å². The maximum atomic E-state index is 14.3. The Labute approximate surface area is 204 Å². The van der Waals surface area contributed by atoms with Gasteiger partial charge in [-0.05, 0) is 30.7 Å². The topological polar surface area (TPSA) is 125 Å². The number of halogens is 1. The van der Waals surface area contributed by atoms with E-state index in [1.807, 2.05) is 25.1 Å². The molecule has 0 saturated carbocycles. The minimum absolute atomic E-state index is 0.273. The maximum absolute atomic E-state index is 14.3. The van der Waals surface area contributed by atoms with Crippen molar-refractivity contribution in [3.05, 3.63) is 90.0 Å². The normalized spacial score (nSPS) is 16.0. The third kappa shape index (κ3) is 3.34. The fraction of sp³-hybridized carbons (Fsp3) is 0.115. The molecule has 0 spiro atoms. The lowest BCUT2D eigenvalue weighted by Crippen LogP contribution is -2.23. The van der Waals surface area contributed by atoms with Crippen molar-refractivity contribution in [2.24, 2.45) is 0 Å². The van der Waals surface area contributed by atoms with E-state index in [-0.39, 0.29) is 5.82 Å². The summed E-state index contributed by atoms with van der Waals surface area (Å²) in [6.07, 6.45) is 5.56. The van der Waals surface area contributed by atoms with Crippen LogP contribution in [0.25, 0.3) is 27.9 Å². The first kappa shape index (κ1) is 21.7. The van der Waals surface area contributed by atoms with E-state index < -0.39 is 17.8 Å². The second-order valence-corrected chi connectivity index (χ2v) is 8.46. The highest BCUT2D eigenvalue weighted by Crippen LogP contribution is 2.46. The van der Waals surface area contributed by atoms with Crippen molar-refractivity contribution in [2.45, 2.75) is 18.9 Å². The first-order chi connectivity index (χ1) is 17.6. The molecule has 4 heterocycles. The number of allylic oxidation sites excluding steroid dienone is 2. The molecule has 0 aliphatic carbocycles. The molecule has 0 bridgehead atoms. The lowest BCUT2D eigenvalue weighted by atomic mass is 9.83. The minimum atomic E-state index is -0.663. The van der Waals surface area contributed by atoms with Crippen molar-refractivity contribution in [2.75, 3.05) is 5.73 Å². The molecular weight excluding hydrogens is 461 g/mol. The van der Waals surface area contributed by atoms with Crippen LogP contribution in [0.5, 0.6) is 5.75 Å².